The Labute approximate surface area is 93.3 Å². The summed E-state index contributed by atoms with van der Waals surface area (Å²) in [5.74, 6) is 1.28. The van der Waals surface area contributed by atoms with Gasteiger partial charge in [-0.05, 0) is 19.1 Å². The van der Waals surface area contributed by atoms with Crippen LogP contribution in [0.25, 0.3) is 0 Å². The minimum absolute atomic E-state index is 0.563. The molecule has 0 fully saturated rings. The van der Waals surface area contributed by atoms with Gasteiger partial charge in [-0.2, -0.15) is 5.10 Å². The first-order chi connectivity index (χ1) is 7.65. The summed E-state index contributed by atoms with van der Waals surface area (Å²) in [6.07, 6.45) is 4.41. The van der Waals surface area contributed by atoms with Gasteiger partial charge in [-0.25, -0.2) is 0 Å². The third-order valence-electron chi connectivity index (χ3n) is 2.10. The number of aromatic nitrogens is 3. The van der Waals surface area contributed by atoms with Gasteiger partial charge in [0.25, 0.3) is 0 Å². The van der Waals surface area contributed by atoms with Gasteiger partial charge in [-0.3, -0.25) is 9.67 Å². The van der Waals surface area contributed by atoms with Crippen LogP contribution >= 0.6 is 0 Å². The van der Waals surface area contributed by atoms with E-state index in [-0.39, 0.29) is 0 Å². The van der Waals surface area contributed by atoms with Crippen molar-refractivity contribution in [1.82, 2.24) is 14.8 Å². The molecule has 0 saturated heterocycles. The van der Waals surface area contributed by atoms with Gasteiger partial charge >= 0.3 is 0 Å². The van der Waals surface area contributed by atoms with Gasteiger partial charge in [-0.15, -0.1) is 0 Å². The highest BCUT2D eigenvalue weighted by atomic mass is 16.5. The molecule has 2 rings (SSSR count). The number of ether oxygens (including phenoxy) is 1. The summed E-state index contributed by atoms with van der Waals surface area (Å²) in [5, 5.41) is 13.3. The second kappa shape index (κ2) is 4.32. The van der Waals surface area contributed by atoms with E-state index in [1.165, 1.54) is 0 Å². The first kappa shape index (κ1) is 10.6. The second-order valence-electron chi connectivity index (χ2n) is 3.55. The summed E-state index contributed by atoms with van der Waals surface area (Å²) in [6.45, 7) is 1.67. The Hall–Kier alpha value is -1.88. The van der Waals surface area contributed by atoms with E-state index >= 15 is 0 Å². The maximum Gasteiger partial charge on any atom is 0.165 e. The topological polar surface area (TPSA) is 60.2 Å². The number of aryl methyl sites for hydroxylation is 1. The molecule has 0 bridgehead atoms. The Kier molecular flexibility index (Phi) is 2.87. The molecule has 0 amide bonds. The molecule has 0 aliphatic carbocycles. The Morgan fingerprint density at radius 3 is 2.62 bits per heavy atom. The molecule has 1 atom stereocenters. The number of hydrogen-bond donors (Lipinski definition) is 1. The molecule has 0 aliphatic heterocycles. The normalized spacial score (nSPS) is 12.4. The van der Waals surface area contributed by atoms with Gasteiger partial charge in [0.15, 0.2) is 5.75 Å². The average molecular weight is 219 g/mol. The molecule has 0 spiro atoms. The minimum Gasteiger partial charge on any atom is -0.452 e. The summed E-state index contributed by atoms with van der Waals surface area (Å²) >= 11 is 0. The van der Waals surface area contributed by atoms with Crippen molar-refractivity contribution in [3.05, 3.63) is 36.4 Å². The zero-order chi connectivity index (χ0) is 11.5. The summed E-state index contributed by atoms with van der Waals surface area (Å²) in [5.41, 5.74) is 0.624. The smallest absolute Gasteiger partial charge is 0.165 e. The van der Waals surface area contributed by atoms with Crippen LogP contribution in [0.1, 0.15) is 18.7 Å². The highest BCUT2D eigenvalue weighted by molar-refractivity contribution is 5.26. The van der Waals surface area contributed by atoms with E-state index in [1.807, 2.05) is 7.05 Å². The Morgan fingerprint density at radius 1 is 1.31 bits per heavy atom. The van der Waals surface area contributed by atoms with Crippen LogP contribution in [0.5, 0.6) is 11.5 Å². The summed E-state index contributed by atoms with van der Waals surface area (Å²) in [7, 11) is 1.82. The van der Waals surface area contributed by atoms with Crippen molar-refractivity contribution in [2.24, 2.45) is 7.05 Å². The molecule has 5 nitrogen and oxygen atoms in total. The fraction of sp³-hybridized carbons (Fsp3) is 0.273. The maximum absolute atomic E-state index is 9.29. The zero-order valence-corrected chi connectivity index (χ0v) is 9.16. The maximum atomic E-state index is 9.29. The van der Waals surface area contributed by atoms with E-state index < -0.39 is 6.10 Å². The van der Waals surface area contributed by atoms with E-state index in [0.29, 0.717) is 17.2 Å². The van der Waals surface area contributed by atoms with Crippen molar-refractivity contribution in [1.29, 1.82) is 0 Å². The molecular formula is C11H13N3O2. The molecule has 5 heteroatoms. The third kappa shape index (κ3) is 2.38. The SMILES string of the molecule is CC(O)c1ccc(Oc2cnn(C)c2)cn1. The van der Waals surface area contributed by atoms with Crippen LogP contribution in [-0.2, 0) is 7.05 Å². The van der Waals surface area contributed by atoms with E-state index in [9.17, 15) is 5.11 Å². The summed E-state index contributed by atoms with van der Waals surface area (Å²) < 4.78 is 7.17. The molecular weight excluding hydrogens is 206 g/mol. The predicted molar refractivity (Wildman–Crippen MR) is 58.2 cm³/mol. The van der Waals surface area contributed by atoms with Crippen molar-refractivity contribution in [2.45, 2.75) is 13.0 Å². The van der Waals surface area contributed by atoms with Gasteiger partial charge < -0.3 is 9.84 Å². The van der Waals surface area contributed by atoms with Gasteiger partial charge in [0.05, 0.1) is 30.4 Å². The molecule has 16 heavy (non-hydrogen) atoms. The molecule has 2 aromatic heterocycles. The van der Waals surface area contributed by atoms with E-state index in [0.717, 1.165) is 0 Å². The highest BCUT2D eigenvalue weighted by Crippen LogP contribution is 2.20. The fourth-order valence-electron chi connectivity index (χ4n) is 1.29. The van der Waals surface area contributed by atoms with Gasteiger partial charge in [0.1, 0.15) is 5.75 Å². The molecule has 0 aromatic carbocycles. The lowest BCUT2D eigenvalue weighted by Gasteiger charge is -2.05. The number of rotatable bonds is 3. The van der Waals surface area contributed by atoms with Gasteiger partial charge in [0.2, 0.25) is 0 Å². The molecule has 1 N–H and O–H groups in total. The first-order valence-electron chi connectivity index (χ1n) is 4.95. The fourth-order valence-corrected chi connectivity index (χ4v) is 1.29. The van der Waals surface area contributed by atoms with Crippen molar-refractivity contribution in [2.75, 3.05) is 0 Å². The second-order valence-corrected chi connectivity index (χ2v) is 3.55. The van der Waals surface area contributed by atoms with Crippen LogP contribution in [0, 0.1) is 0 Å². The van der Waals surface area contributed by atoms with Crippen LogP contribution in [0.3, 0.4) is 0 Å². The standard InChI is InChI=1S/C11H13N3O2/c1-8(15)11-4-3-9(5-12-11)16-10-6-13-14(2)7-10/h3-8,15H,1-2H3. The van der Waals surface area contributed by atoms with Crippen LogP contribution in [0.4, 0.5) is 0 Å². The van der Waals surface area contributed by atoms with E-state index in [1.54, 1.807) is 42.3 Å². The summed E-state index contributed by atoms with van der Waals surface area (Å²) in [4.78, 5) is 4.08. The minimum atomic E-state index is -0.563. The quantitative estimate of drug-likeness (QED) is 0.852. The Morgan fingerprint density at radius 2 is 2.12 bits per heavy atom. The molecule has 2 heterocycles. The van der Waals surface area contributed by atoms with Gasteiger partial charge in [-0.1, -0.05) is 0 Å². The van der Waals surface area contributed by atoms with Crippen molar-refractivity contribution >= 4 is 0 Å². The Bertz CT molecular complexity index is 462. The zero-order valence-electron chi connectivity index (χ0n) is 9.16. The van der Waals surface area contributed by atoms with E-state index in [4.69, 9.17) is 4.74 Å². The predicted octanol–water partition coefficient (Wildman–Crippen LogP) is 1.66. The van der Waals surface area contributed by atoms with Crippen LogP contribution in [0.2, 0.25) is 0 Å². The third-order valence-corrected chi connectivity index (χ3v) is 2.10. The number of aliphatic hydroxyl groups is 1. The number of aliphatic hydroxyl groups excluding tert-OH is 1. The average Bonchev–Trinajstić information content (AvgIpc) is 2.65. The first-order valence-corrected chi connectivity index (χ1v) is 4.95. The molecule has 1 unspecified atom stereocenters. The number of hydrogen-bond acceptors (Lipinski definition) is 4. The van der Waals surface area contributed by atoms with Crippen LogP contribution < -0.4 is 4.74 Å². The Balaban J connectivity index is 2.11. The largest absolute Gasteiger partial charge is 0.452 e. The van der Waals surface area contributed by atoms with Crippen LogP contribution in [-0.4, -0.2) is 19.9 Å². The lowest BCUT2D eigenvalue weighted by Crippen LogP contribution is -1.94. The van der Waals surface area contributed by atoms with Crippen LogP contribution in [0.15, 0.2) is 30.7 Å². The summed E-state index contributed by atoms with van der Waals surface area (Å²) in [6, 6.07) is 3.50. The van der Waals surface area contributed by atoms with Gasteiger partial charge in [0, 0.05) is 7.05 Å². The molecule has 0 saturated carbocycles. The van der Waals surface area contributed by atoms with E-state index in [2.05, 4.69) is 10.1 Å². The monoisotopic (exact) mass is 219 g/mol. The van der Waals surface area contributed by atoms with Crippen molar-refractivity contribution in [3.63, 3.8) is 0 Å². The lowest BCUT2D eigenvalue weighted by atomic mass is 10.2. The number of pyridine rings is 1. The molecule has 0 aliphatic rings. The lowest BCUT2D eigenvalue weighted by molar-refractivity contribution is 0.194. The molecule has 0 radical (unpaired) electrons. The highest BCUT2D eigenvalue weighted by Gasteiger charge is 2.03. The molecule has 84 valence electrons. The van der Waals surface area contributed by atoms with Crippen molar-refractivity contribution < 1.29 is 9.84 Å². The molecule has 2 aromatic rings. The number of nitrogens with zero attached hydrogens (tertiary/aromatic N) is 3. The van der Waals surface area contributed by atoms with Crippen molar-refractivity contribution in [3.8, 4) is 11.5 Å².